The molecule has 0 spiro atoms. The lowest BCUT2D eigenvalue weighted by atomic mass is 10.3. The number of aromatic nitrogens is 2. The van der Waals surface area contributed by atoms with Crippen molar-refractivity contribution in [3.63, 3.8) is 0 Å². The summed E-state index contributed by atoms with van der Waals surface area (Å²) in [7, 11) is 0. The Bertz CT molecular complexity index is 794. The summed E-state index contributed by atoms with van der Waals surface area (Å²) in [5, 5.41) is 10.5. The zero-order chi connectivity index (χ0) is 16.8. The van der Waals surface area contributed by atoms with Gasteiger partial charge < -0.3 is 5.32 Å². The summed E-state index contributed by atoms with van der Waals surface area (Å²) >= 11 is 4.48. The zero-order valence-electron chi connectivity index (χ0n) is 12.9. The maximum atomic E-state index is 12.5. The summed E-state index contributed by atoms with van der Waals surface area (Å²) in [6, 6.07) is 17.9. The van der Waals surface area contributed by atoms with Gasteiger partial charge in [0.2, 0.25) is 5.91 Å². The van der Waals surface area contributed by atoms with Gasteiger partial charge in [0.15, 0.2) is 4.34 Å². The number of carbonyl (C=O) groups excluding carboxylic acids is 1. The van der Waals surface area contributed by atoms with E-state index in [1.807, 2.05) is 49.4 Å². The van der Waals surface area contributed by atoms with Crippen LogP contribution in [0, 0.1) is 0 Å². The van der Waals surface area contributed by atoms with Crippen LogP contribution in [0.3, 0.4) is 0 Å². The van der Waals surface area contributed by atoms with E-state index < -0.39 is 0 Å². The molecule has 3 aromatic rings. The van der Waals surface area contributed by atoms with Crippen molar-refractivity contribution in [3.8, 4) is 0 Å². The molecular weight excluding hydrogens is 358 g/mol. The zero-order valence-corrected chi connectivity index (χ0v) is 15.3. The van der Waals surface area contributed by atoms with Gasteiger partial charge in [-0.1, -0.05) is 65.2 Å². The second-order valence-corrected chi connectivity index (χ2v) is 8.40. The van der Waals surface area contributed by atoms with Crippen LogP contribution in [0.2, 0.25) is 0 Å². The van der Waals surface area contributed by atoms with Gasteiger partial charge in [-0.05, 0) is 31.2 Å². The summed E-state index contributed by atoms with van der Waals surface area (Å²) in [6.45, 7) is 1.87. The van der Waals surface area contributed by atoms with Crippen LogP contribution in [-0.2, 0) is 4.79 Å². The Labute approximate surface area is 153 Å². The van der Waals surface area contributed by atoms with E-state index in [0.29, 0.717) is 0 Å². The first-order valence-corrected chi connectivity index (χ1v) is 9.85. The predicted octanol–water partition coefficient (Wildman–Crippen LogP) is 4.81. The van der Waals surface area contributed by atoms with Crippen molar-refractivity contribution < 1.29 is 4.79 Å². The van der Waals surface area contributed by atoms with Gasteiger partial charge in [-0.3, -0.25) is 4.79 Å². The van der Waals surface area contributed by atoms with Crippen LogP contribution in [0.5, 0.6) is 0 Å². The Kier molecular flexibility index (Phi) is 5.90. The number of hydrogen-bond acceptors (Lipinski definition) is 6. The number of para-hydroxylation sites is 1. The van der Waals surface area contributed by atoms with Crippen LogP contribution in [0.1, 0.15) is 6.92 Å². The molecule has 3 rings (SSSR count). The SMILES string of the molecule is C[C@H](Sc1nncs1)C(=O)Nc1ccccc1Sc1ccccc1. The molecule has 1 heterocycles. The van der Waals surface area contributed by atoms with Gasteiger partial charge in [0.25, 0.3) is 0 Å². The Hall–Kier alpha value is -1.83. The molecule has 0 aliphatic rings. The highest BCUT2D eigenvalue weighted by molar-refractivity contribution is 8.02. The number of hydrogen-bond donors (Lipinski definition) is 1. The Balaban J connectivity index is 1.69. The average molecular weight is 374 g/mol. The molecule has 24 heavy (non-hydrogen) atoms. The average Bonchev–Trinajstić information content (AvgIpc) is 3.10. The highest BCUT2D eigenvalue weighted by atomic mass is 32.2. The fraction of sp³-hybridized carbons (Fsp3) is 0.118. The van der Waals surface area contributed by atoms with Crippen molar-refractivity contribution in [2.75, 3.05) is 5.32 Å². The van der Waals surface area contributed by atoms with Gasteiger partial charge in [-0.25, -0.2) is 0 Å². The predicted molar refractivity (Wildman–Crippen MR) is 101 cm³/mol. The number of anilines is 1. The Morgan fingerprint density at radius 2 is 1.88 bits per heavy atom. The number of nitrogens with one attached hydrogen (secondary N) is 1. The highest BCUT2D eigenvalue weighted by Crippen LogP contribution is 2.34. The number of benzene rings is 2. The molecule has 0 radical (unpaired) electrons. The Morgan fingerprint density at radius 1 is 1.12 bits per heavy atom. The molecule has 1 aromatic heterocycles. The first-order chi connectivity index (χ1) is 11.7. The van der Waals surface area contributed by atoms with Gasteiger partial charge in [0.1, 0.15) is 5.51 Å². The molecule has 7 heteroatoms. The third kappa shape index (κ3) is 4.59. The largest absolute Gasteiger partial charge is 0.324 e. The monoisotopic (exact) mass is 373 g/mol. The topological polar surface area (TPSA) is 54.9 Å². The molecule has 122 valence electrons. The third-order valence-corrected chi connectivity index (χ3v) is 6.10. The van der Waals surface area contributed by atoms with Crippen LogP contribution < -0.4 is 5.32 Å². The minimum Gasteiger partial charge on any atom is -0.324 e. The maximum absolute atomic E-state index is 12.5. The van der Waals surface area contributed by atoms with Crippen molar-refractivity contribution in [1.29, 1.82) is 0 Å². The van der Waals surface area contributed by atoms with Gasteiger partial charge >= 0.3 is 0 Å². The van der Waals surface area contributed by atoms with Crippen molar-refractivity contribution in [2.24, 2.45) is 0 Å². The van der Waals surface area contributed by atoms with Crippen LogP contribution in [0.15, 0.2) is 74.2 Å². The molecule has 2 aromatic carbocycles. The minimum absolute atomic E-state index is 0.0451. The quantitative estimate of drug-likeness (QED) is 0.629. The van der Waals surface area contributed by atoms with Crippen molar-refractivity contribution in [2.45, 2.75) is 26.3 Å². The first kappa shape index (κ1) is 17.0. The molecule has 0 fully saturated rings. The lowest BCUT2D eigenvalue weighted by Crippen LogP contribution is -2.22. The molecule has 0 unspecified atom stereocenters. The van der Waals surface area contributed by atoms with E-state index in [4.69, 9.17) is 0 Å². The molecule has 0 aliphatic heterocycles. The molecule has 0 aliphatic carbocycles. The van der Waals surface area contributed by atoms with Gasteiger partial charge in [0, 0.05) is 9.79 Å². The van der Waals surface area contributed by atoms with E-state index >= 15 is 0 Å². The summed E-state index contributed by atoms with van der Waals surface area (Å²) < 4.78 is 0.796. The number of carbonyl (C=O) groups is 1. The first-order valence-electron chi connectivity index (χ1n) is 7.28. The molecular formula is C17H15N3OS3. The molecule has 0 bridgehead atoms. The molecule has 1 amide bonds. The van der Waals surface area contributed by atoms with E-state index in [-0.39, 0.29) is 11.2 Å². The maximum Gasteiger partial charge on any atom is 0.237 e. The summed E-state index contributed by atoms with van der Waals surface area (Å²) in [6.07, 6.45) is 0. The van der Waals surface area contributed by atoms with Gasteiger partial charge in [-0.15, -0.1) is 10.2 Å². The summed E-state index contributed by atoms with van der Waals surface area (Å²) in [4.78, 5) is 14.6. The fourth-order valence-corrected chi connectivity index (χ4v) is 4.48. The van der Waals surface area contributed by atoms with Crippen LogP contribution in [0.25, 0.3) is 0 Å². The third-order valence-electron chi connectivity index (χ3n) is 3.10. The number of thioether (sulfide) groups is 1. The highest BCUT2D eigenvalue weighted by Gasteiger charge is 2.17. The molecule has 4 nitrogen and oxygen atoms in total. The van der Waals surface area contributed by atoms with E-state index in [1.54, 1.807) is 17.3 Å². The Morgan fingerprint density at radius 3 is 2.62 bits per heavy atom. The summed E-state index contributed by atoms with van der Waals surface area (Å²) in [5.41, 5.74) is 2.49. The van der Waals surface area contributed by atoms with E-state index in [0.717, 1.165) is 19.8 Å². The minimum atomic E-state index is -0.243. The molecule has 1 N–H and O–H groups in total. The number of amides is 1. The standard InChI is InChI=1S/C17H15N3OS3/c1-12(23-17-20-18-11-22-17)16(21)19-14-9-5-6-10-15(14)24-13-7-3-2-4-8-13/h2-12H,1H3,(H,19,21)/t12-/m0/s1. The number of nitrogens with zero attached hydrogens (tertiary/aromatic N) is 2. The lowest BCUT2D eigenvalue weighted by Gasteiger charge is -2.13. The van der Waals surface area contributed by atoms with Crippen molar-refractivity contribution in [1.82, 2.24) is 10.2 Å². The molecule has 1 atom stereocenters. The van der Waals surface area contributed by atoms with E-state index in [9.17, 15) is 4.79 Å². The van der Waals surface area contributed by atoms with Crippen molar-refractivity contribution >= 4 is 46.5 Å². The second kappa shape index (κ2) is 8.32. The van der Waals surface area contributed by atoms with Gasteiger partial charge in [0.05, 0.1) is 10.9 Å². The molecule has 0 saturated heterocycles. The number of rotatable bonds is 6. The normalized spacial score (nSPS) is 11.9. The lowest BCUT2D eigenvalue weighted by molar-refractivity contribution is -0.115. The van der Waals surface area contributed by atoms with Crippen LogP contribution in [-0.4, -0.2) is 21.4 Å². The van der Waals surface area contributed by atoms with Gasteiger partial charge in [-0.2, -0.15) is 0 Å². The van der Waals surface area contributed by atoms with E-state index in [2.05, 4.69) is 27.6 Å². The summed E-state index contributed by atoms with van der Waals surface area (Å²) in [5.74, 6) is -0.0451. The molecule has 0 saturated carbocycles. The second-order valence-electron chi connectivity index (χ2n) is 4.87. The van der Waals surface area contributed by atoms with E-state index in [1.165, 1.54) is 23.1 Å². The van der Waals surface area contributed by atoms with Crippen molar-refractivity contribution in [3.05, 3.63) is 60.1 Å². The fourth-order valence-electron chi connectivity index (χ4n) is 1.93. The van der Waals surface area contributed by atoms with Crippen LogP contribution >= 0.6 is 34.9 Å². The van der Waals surface area contributed by atoms with Crippen LogP contribution in [0.4, 0.5) is 5.69 Å². The smallest absolute Gasteiger partial charge is 0.237 e.